The number of rotatable bonds is 6. The summed E-state index contributed by atoms with van der Waals surface area (Å²) in [7, 11) is -4.73. The smallest absolute Gasteiger partial charge is 0.339 e. The average molecular weight is 765 g/mol. The van der Waals surface area contributed by atoms with Gasteiger partial charge in [0, 0.05) is 19.0 Å². The topological polar surface area (TPSA) is 136 Å². The number of esters is 3. The molecule has 9 nitrogen and oxygen atoms in total. The predicted octanol–water partition coefficient (Wildman–Crippen LogP) is 4.17. The molecule has 12 heteroatoms. The molecule has 2 aromatic carbocycles. The first-order valence-corrected chi connectivity index (χ1v) is 15.5. The first kappa shape index (κ1) is 27.8. The second kappa shape index (κ2) is 10.0. The first-order chi connectivity index (χ1) is 17.8. The van der Waals surface area contributed by atoms with E-state index in [0.717, 1.165) is 7.14 Å². The summed E-state index contributed by atoms with van der Waals surface area (Å²) in [6.07, 6.45) is -0.922. The van der Waals surface area contributed by atoms with Gasteiger partial charge in [-0.2, -0.15) is 0 Å². The van der Waals surface area contributed by atoms with Crippen LogP contribution in [0, 0.1) is 37.7 Å². The van der Waals surface area contributed by atoms with Gasteiger partial charge < -0.3 is 18.8 Å². The quantitative estimate of drug-likeness (QED) is 0.184. The standard InChI is InChI=1S/C26H24I2O9S/c1-10(2)13-9-17(11(3)7-18(13)38(32,33)34)35-25(30)19-14-8-15-20(19)26(31)37-23(15)22(14)36-24(29)12-5-4-6-16(27)21(12)28/h4-7,9-10,14-15,19-20,22-23H,8H2,1-3H3,(H,32,33,34)/p-1. The van der Waals surface area contributed by atoms with E-state index in [1.54, 1.807) is 26.0 Å². The van der Waals surface area contributed by atoms with Gasteiger partial charge in [0.25, 0.3) is 0 Å². The summed E-state index contributed by atoms with van der Waals surface area (Å²) in [4.78, 5) is 39.0. The molecule has 38 heavy (non-hydrogen) atoms. The minimum absolute atomic E-state index is 0.110. The van der Waals surface area contributed by atoms with Gasteiger partial charge in [0.2, 0.25) is 0 Å². The molecule has 6 atom stereocenters. The van der Waals surface area contributed by atoms with Crippen molar-refractivity contribution in [1.82, 2.24) is 0 Å². The van der Waals surface area contributed by atoms with Gasteiger partial charge in [-0.25, -0.2) is 13.2 Å². The third-order valence-electron chi connectivity index (χ3n) is 7.64. The number of halogens is 2. The Hall–Kier alpha value is -1.78. The SMILES string of the molecule is Cc1cc(S(=O)(=O)[O-])c(C(C)C)cc1OC(=O)C1C2CC3C(OC(=O)C31)C2OC(=O)c1cccc(I)c1I. The molecule has 6 unspecified atom stereocenters. The Kier molecular flexibility index (Phi) is 7.31. The highest BCUT2D eigenvalue weighted by molar-refractivity contribution is 14.1. The van der Waals surface area contributed by atoms with E-state index in [-0.39, 0.29) is 28.0 Å². The Morgan fingerprint density at radius 2 is 1.87 bits per heavy atom. The molecule has 0 aromatic heterocycles. The second-order valence-electron chi connectivity index (χ2n) is 10.2. The maximum absolute atomic E-state index is 13.5. The monoisotopic (exact) mass is 765 g/mol. The summed E-state index contributed by atoms with van der Waals surface area (Å²) >= 11 is 4.20. The molecular formula is C26H23I2O9S-. The van der Waals surface area contributed by atoms with E-state index in [9.17, 15) is 27.4 Å². The summed E-state index contributed by atoms with van der Waals surface area (Å²) in [6, 6.07) is 7.88. The Labute approximate surface area is 247 Å². The Morgan fingerprint density at radius 3 is 2.53 bits per heavy atom. The molecule has 2 aromatic rings. The largest absolute Gasteiger partial charge is 0.744 e. The summed E-state index contributed by atoms with van der Waals surface area (Å²) in [6.45, 7) is 4.99. The van der Waals surface area contributed by atoms with Gasteiger partial charge in [-0.1, -0.05) is 19.9 Å². The third-order valence-corrected chi connectivity index (χ3v) is 11.6. The van der Waals surface area contributed by atoms with Gasteiger partial charge >= 0.3 is 17.9 Å². The van der Waals surface area contributed by atoms with Gasteiger partial charge in [0.1, 0.15) is 28.1 Å². The summed E-state index contributed by atoms with van der Waals surface area (Å²) < 4.78 is 54.1. The molecule has 0 N–H and O–H groups in total. The normalized spacial score (nSPS) is 27.5. The fourth-order valence-corrected chi connectivity index (χ4v) is 7.93. The van der Waals surface area contributed by atoms with E-state index in [1.165, 1.54) is 19.1 Å². The van der Waals surface area contributed by atoms with Crippen molar-refractivity contribution in [2.75, 3.05) is 0 Å². The van der Waals surface area contributed by atoms with Crippen LogP contribution < -0.4 is 4.74 Å². The van der Waals surface area contributed by atoms with E-state index in [2.05, 4.69) is 45.2 Å². The molecule has 3 fully saturated rings. The Bertz CT molecular complexity index is 1470. The zero-order valence-corrected chi connectivity index (χ0v) is 25.6. The minimum Gasteiger partial charge on any atom is -0.744 e. The summed E-state index contributed by atoms with van der Waals surface area (Å²) in [5.74, 6) is -4.28. The lowest BCUT2D eigenvalue weighted by atomic mass is 9.78. The third kappa shape index (κ3) is 4.64. The van der Waals surface area contributed by atoms with Crippen molar-refractivity contribution in [1.29, 1.82) is 0 Å². The number of hydrogen-bond donors (Lipinski definition) is 0. The number of hydrogen-bond acceptors (Lipinski definition) is 9. The maximum Gasteiger partial charge on any atom is 0.339 e. The van der Waals surface area contributed by atoms with Gasteiger partial charge in [-0.3, -0.25) is 9.59 Å². The molecule has 5 rings (SSSR count). The number of benzene rings is 2. The fraction of sp³-hybridized carbons (Fsp3) is 0.423. The predicted molar refractivity (Wildman–Crippen MR) is 148 cm³/mol. The van der Waals surface area contributed by atoms with Crippen molar-refractivity contribution < 1.29 is 41.6 Å². The van der Waals surface area contributed by atoms with Crippen LogP contribution in [0.3, 0.4) is 0 Å². The highest BCUT2D eigenvalue weighted by Gasteiger charge is 2.70. The highest BCUT2D eigenvalue weighted by atomic mass is 127. The Morgan fingerprint density at radius 1 is 1.16 bits per heavy atom. The second-order valence-corrected chi connectivity index (χ2v) is 13.8. The molecule has 0 amide bonds. The van der Waals surface area contributed by atoms with Gasteiger partial charge in [-0.05, 0) is 99.8 Å². The molecule has 0 radical (unpaired) electrons. The van der Waals surface area contributed by atoms with Crippen LogP contribution in [-0.4, -0.2) is 43.1 Å². The van der Waals surface area contributed by atoms with E-state index in [4.69, 9.17) is 14.2 Å². The molecule has 0 spiro atoms. The van der Waals surface area contributed by atoms with E-state index in [1.807, 2.05) is 6.07 Å². The van der Waals surface area contributed by atoms with Crippen molar-refractivity contribution in [3.05, 3.63) is 54.2 Å². The van der Waals surface area contributed by atoms with Crippen LogP contribution in [0.4, 0.5) is 0 Å². The van der Waals surface area contributed by atoms with Crippen LogP contribution >= 0.6 is 45.2 Å². The lowest BCUT2D eigenvalue weighted by Gasteiger charge is -2.30. The molecule has 2 bridgehead atoms. The molecule has 202 valence electrons. The van der Waals surface area contributed by atoms with Crippen molar-refractivity contribution in [2.24, 2.45) is 23.7 Å². The van der Waals surface area contributed by atoms with Crippen molar-refractivity contribution in [2.45, 2.75) is 50.2 Å². The Balaban J connectivity index is 1.42. The maximum atomic E-state index is 13.5. The zero-order valence-electron chi connectivity index (χ0n) is 20.5. The number of carbonyl (C=O) groups is 3. The zero-order chi connectivity index (χ0) is 27.7. The molecule has 2 aliphatic carbocycles. The van der Waals surface area contributed by atoms with Gasteiger partial charge in [0.15, 0.2) is 0 Å². The van der Waals surface area contributed by atoms with Crippen LogP contribution in [-0.2, 0) is 29.2 Å². The van der Waals surface area contributed by atoms with Crippen LogP contribution in [0.2, 0.25) is 0 Å². The molecule has 3 aliphatic rings. The van der Waals surface area contributed by atoms with Gasteiger partial charge in [-0.15, -0.1) is 0 Å². The molecule has 1 saturated heterocycles. The number of fused-ring (bicyclic) bond motifs is 1. The fourth-order valence-electron chi connectivity index (χ4n) is 5.95. The molecule has 2 saturated carbocycles. The molecular weight excluding hydrogens is 742 g/mol. The summed E-state index contributed by atoms with van der Waals surface area (Å²) in [5, 5.41) is 0. The van der Waals surface area contributed by atoms with E-state index in [0.29, 0.717) is 17.5 Å². The molecule has 1 aliphatic heterocycles. The first-order valence-electron chi connectivity index (χ1n) is 12.0. The van der Waals surface area contributed by atoms with Crippen molar-refractivity contribution in [3.63, 3.8) is 0 Å². The average Bonchev–Trinajstić information content (AvgIpc) is 3.45. The van der Waals surface area contributed by atoms with Crippen LogP contribution in [0.15, 0.2) is 35.2 Å². The van der Waals surface area contributed by atoms with Crippen LogP contribution in [0.1, 0.15) is 47.7 Å². The van der Waals surface area contributed by atoms with Crippen molar-refractivity contribution in [3.8, 4) is 5.75 Å². The minimum atomic E-state index is -4.73. The van der Waals surface area contributed by atoms with Crippen LogP contribution in [0.5, 0.6) is 5.75 Å². The highest BCUT2D eigenvalue weighted by Crippen LogP contribution is 2.59. The van der Waals surface area contributed by atoms with Crippen molar-refractivity contribution >= 4 is 73.2 Å². The van der Waals surface area contributed by atoms with Crippen LogP contribution in [0.25, 0.3) is 0 Å². The van der Waals surface area contributed by atoms with Gasteiger partial charge in [0.05, 0.1) is 22.3 Å². The lowest BCUT2D eigenvalue weighted by Crippen LogP contribution is -2.44. The lowest BCUT2D eigenvalue weighted by molar-refractivity contribution is -0.149. The number of carbonyl (C=O) groups excluding carboxylic acids is 3. The number of ether oxygens (including phenoxy) is 3. The summed E-state index contributed by atoms with van der Waals surface area (Å²) in [5.41, 5.74) is 0.926. The molecule has 1 heterocycles. The van der Waals surface area contributed by atoms with E-state index < -0.39 is 58.0 Å². The number of aryl methyl sites for hydroxylation is 1. The van der Waals surface area contributed by atoms with E-state index >= 15 is 0 Å².